The molecule has 2 rings (SSSR count). The van der Waals surface area contributed by atoms with Gasteiger partial charge in [0.1, 0.15) is 6.54 Å². The highest BCUT2D eigenvalue weighted by molar-refractivity contribution is 5.24. The second kappa shape index (κ2) is 5.22. The van der Waals surface area contributed by atoms with E-state index in [1.54, 1.807) is 0 Å². The van der Waals surface area contributed by atoms with Gasteiger partial charge in [0.15, 0.2) is 0 Å². The molecule has 1 aliphatic rings. The van der Waals surface area contributed by atoms with E-state index in [0.717, 1.165) is 0 Å². The molecule has 0 saturated carbocycles. The van der Waals surface area contributed by atoms with Crippen LogP contribution in [0.15, 0.2) is 24.3 Å². The van der Waals surface area contributed by atoms with Crippen LogP contribution >= 0.6 is 0 Å². The lowest BCUT2D eigenvalue weighted by Crippen LogP contribution is -2.46. The summed E-state index contributed by atoms with van der Waals surface area (Å²) in [5.41, 5.74) is 2.95. The number of likely N-dealkylation sites (tertiary alicyclic amines) is 1. The molecule has 1 fully saturated rings. The number of nitrogens with zero attached hydrogens (tertiary/aromatic N) is 1. The van der Waals surface area contributed by atoms with Gasteiger partial charge in [-0.3, -0.25) is 0 Å². The van der Waals surface area contributed by atoms with E-state index in [1.807, 2.05) is 0 Å². The average Bonchev–Trinajstić information content (AvgIpc) is 2.30. The summed E-state index contributed by atoms with van der Waals surface area (Å²) in [4.78, 5) is 0. The standard InChI is InChI=1S/C16H26N/c1-14(2)16-9-7-15(8-10-16)13-17(3)11-5-4-6-12-17/h7-10,14H,4-6,11-13H2,1-3H3/q+1. The van der Waals surface area contributed by atoms with Crippen molar-refractivity contribution >= 4 is 0 Å². The van der Waals surface area contributed by atoms with Crippen LogP contribution in [0.1, 0.15) is 50.2 Å². The van der Waals surface area contributed by atoms with Crippen LogP contribution in [0.5, 0.6) is 0 Å². The van der Waals surface area contributed by atoms with Gasteiger partial charge in [0.05, 0.1) is 20.1 Å². The first-order valence-corrected chi connectivity index (χ1v) is 7.01. The van der Waals surface area contributed by atoms with Crippen molar-refractivity contribution in [2.45, 2.75) is 45.6 Å². The van der Waals surface area contributed by atoms with Crippen molar-refractivity contribution in [2.75, 3.05) is 20.1 Å². The number of quaternary nitrogens is 1. The van der Waals surface area contributed by atoms with E-state index in [0.29, 0.717) is 5.92 Å². The lowest BCUT2D eigenvalue weighted by atomic mass is 10.0. The Bertz CT molecular complexity index is 344. The Balaban J connectivity index is 2.03. The van der Waals surface area contributed by atoms with Gasteiger partial charge in [0, 0.05) is 5.56 Å². The summed E-state index contributed by atoms with van der Waals surface area (Å²) in [6, 6.07) is 9.26. The van der Waals surface area contributed by atoms with Gasteiger partial charge in [-0.15, -0.1) is 0 Å². The molecular weight excluding hydrogens is 206 g/mol. The molecule has 0 aliphatic carbocycles. The largest absolute Gasteiger partial charge is 0.322 e. The molecule has 0 N–H and O–H groups in total. The third kappa shape index (κ3) is 3.32. The highest BCUT2D eigenvalue weighted by Gasteiger charge is 2.24. The normalized spacial score (nSPS) is 19.5. The fraction of sp³-hybridized carbons (Fsp3) is 0.625. The topological polar surface area (TPSA) is 0 Å². The predicted molar refractivity (Wildman–Crippen MR) is 74.0 cm³/mol. The van der Waals surface area contributed by atoms with Gasteiger partial charge in [0.2, 0.25) is 0 Å². The van der Waals surface area contributed by atoms with Crippen LogP contribution in [0.4, 0.5) is 0 Å². The maximum Gasteiger partial charge on any atom is 0.104 e. The summed E-state index contributed by atoms with van der Waals surface area (Å²) in [5, 5.41) is 0. The summed E-state index contributed by atoms with van der Waals surface area (Å²) >= 11 is 0. The minimum atomic E-state index is 0.642. The maximum atomic E-state index is 2.41. The summed E-state index contributed by atoms with van der Waals surface area (Å²) in [6.45, 7) is 8.43. The van der Waals surface area contributed by atoms with E-state index in [9.17, 15) is 0 Å². The van der Waals surface area contributed by atoms with Crippen LogP contribution in [0.25, 0.3) is 0 Å². The molecular formula is C16H26N+. The first-order chi connectivity index (χ1) is 8.09. The molecule has 0 amide bonds. The molecule has 0 aromatic heterocycles. The number of rotatable bonds is 3. The Hall–Kier alpha value is -0.820. The molecule has 1 saturated heterocycles. The fourth-order valence-corrected chi connectivity index (χ4v) is 2.88. The number of benzene rings is 1. The van der Waals surface area contributed by atoms with E-state index in [4.69, 9.17) is 0 Å². The number of piperidine rings is 1. The molecule has 1 aromatic carbocycles. The molecule has 17 heavy (non-hydrogen) atoms. The quantitative estimate of drug-likeness (QED) is 0.692. The molecule has 1 heteroatoms. The molecule has 1 aliphatic heterocycles. The third-order valence-corrected chi connectivity index (χ3v) is 4.11. The average molecular weight is 232 g/mol. The van der Waals surface area contributed by atoms with Crippen molar-refractivity contribution in [1.82, 2.24) is 0 Å². The van der Waals surface area contributed by atoms with Crippen molar-refractivity contribution in [2.24, 2.45) is 0 Å². The van der Waals surface area contributed by atoms with Gasteiger partial charge in [0.25, 0.3) is 0 Å². The Morgan fingerprint density at radius 3 is 2.12 bits per heavy atom. The Labute approximate surface area is 106 Å². The van der Waals surface area contributed by atoms with E-state index in [2.05, 4.69) is 45.2 Å². The zero-order chi connectivity index (χ0) is 12.3. The van der Waals surface area contributed by atoms with E-state index < -0.39 is 0 Å². The van der Waals surface area contributed by atoms with Gasteiger partial charge < -0.3 is 4.48 Å². The number of hydrogen-bond donors (Lipinski definition) is 0. The van der Waals surface area contributed by atoms with Crippen LogP contribution < -0.4 is 0 Å². The van der Waals surface area contributed by atoms with Gasteiger partial charge in [-0.1, -0.05) is 38.1 Å². The van der Waals surface area contributed by atoms with E-state index in [1.165, 1.54) is 54.5 Å². The molecule has 1 nitrogen and oxygen atoms in total. The summed E-state index contributed by atoms with van der Waals surface area (Å²) < 4.78 is 1.24. The van der Waals surface area contributed by atoms with E-state index >= 15 is 0 Å². The molecule has 1 heterocycles. The summed E-state index contributed by atoms with van der Waals surface area (Å²) in [5.74, 6) is 0.642. The first-order valence-electron chi connectivity index (χ1n) is 7.01. The Kier molecular flexibility index (Phi) is 3.88. The minimum Gasteiger partial charge on any atom is -0.322 e. The van der Waals surface area contributed by atoms with Crippen LogP contribution in [0, 0.1) is 0 Å². The molecule has 0 unspecified atom stereocenters. The van der Waals surface area contributed by atoms with Crippen LogP contribution in [0.2, 0.25) is 0 Å². The second-order valence-corrected chi connectivity index (χ2v) is 6.18. The Morgan fingerprint density at radius 1 is 1.00 bits per heavy atom. The second-order valence-electron chi connectivity index (χ2n) is 6.18. The van der Waals surface area contributed by atoms with Gasteiger partial charge in [-0.05, 0) is 30.7 Å². The van der Waals surface area contributed by atoms with Crippen LogP contribution in [-0.2, 0) is 6.54 Å². The first kappa shape index (κ1) is 12.6. The monoisotopic (exact) mass is 232 g/mol. The summed E-state index contributed by atoms with van der Waals surface area (Å²) in [7, 11) is 2.41. The molecule has 0 radical (unpaired) electrons. The van der Waals surface area contributed by atoms with Crippen molar-refractivity contribution in [1.29, 1.82) is 0 Å². The molecule has 0 atom stereocenters. The molecule has 0 spiro atoms. The smallest absolute Gasteiger partial charge is 0.104 e. The minimum absolute atomic E-state index is 0.642. The van der Waals surface area contributed by atoms with Crippen molar-refractivity contribution in [3.8, 4) is 0 Å². The Morgan fingerprint density at radius 2 is 1.59 bits per heavy atom. The van der Waals surface area contributed by atoms with Crippen molar-refractivity contribution in [3.63, 3.8) is 0 Å². The fourth-order valence-electron chi connectivity index (χ4n) is 2.88. The van der Waals surface area contributed by atoms with Gasteiger partial charge >= 0.3 is 0 Å². The van der Waals surface area contributed by atoms with Crippen molar-refractivity contribution in [3.05, 3.63) is 35.4 Å². The molecule has 1 aromatic rings. The van der Waals surface area contributed by atoms with Gasteiger partial charge in [-0.25, -0.2) is 0 Å². The third-order valence-electron chi connectivity index (χ3n) is 4.11. The van der Waals surface area contributed by atoms with Crippen molar-refractivity contribution < 1.29 is 4.48 Å². The molecule has 94 valence electrons. The summed E-state index contributed by atoms with van der Waals surface area (Å²) in [6.07, 6.45) is 4.24. The zero-order valence-electron chi connectivity index (χ0n) is 11.6. The lowest BCUT2D eigenvalue weighted by Gasteiger charge is -2.37. The van der Waals surface area contributed by atoms with Crippen LogP contribution in [0.3, 0.4) is 0 Å². The predicted octanol–water partition coefficient (Wildman–Crippen LogP) is 3.94. The maximum absolute atomic E-state index is 2.41. The van der Waals surface area contributed by atoms with Gasteiger partial charge in [-0.2, -0.15) is 0 Å². The SMILES string of the molecule is CC(C)c1ccc(C[N+]2(C)CCCCC2)cc1. The lowest BCUT2D eigenvalue weighted by molar-refractivity contribution is -0.926. The number of hydrogen-bond acceptors (Lipinski definition) is 0. The highest BCUT2D eigenvalue weighted by Crippen LogP contribution is 2.21. The molecule has 0 bridgehead atoms. The zero-order valence-corrected chi connectivity index (χ0v) is 11.6. The van der Waals surface area contributed by atoms with Crippen LogP contribution in [-0.4, -0.2) is 24.6 Å². The van der Waals surface area contributed by atoms with E-state index in [-0.39, 0.29) is 0 Å². The highest BCUT2D eigenvalue weighted by atomic mass is 15.3.